The van der Waals surface area contributed by atoms with Crippen molar-refractivity contribution in [3.8, 4) is 0 Å². The minimum atomic E-state index is -2.35. The average molecular weight is 554 g/mol. The van der Waals surface area contributed by atoms with Gasteiger partial charge in [-0.25, -0.2) is 0 Å². The number of hydrogen-bond acceptors (Lipinski definition) is 8. The van der Waals surface area contributed by atoms with Crippen LogP contribution in [-0.2, 0) is 28.8 Å². The highest BCUT2D eigenvalue weighted by Gasteiger charge is 2.54. The summed E-state index contributed by atoms with van der Waals surface area (Å²) in [5.41, 5.74) is 3.31. The molecule has 0 aromatic carbocycles. The Balaban J connectivity index is 3.32. The number of imide groups is 1. The highest BCUT2D eigenvalue weighted by atomic mass is 16.3. The number of aliphatic hydroxyl groups excluding tert-OH is 1. The maximum absolute atomic E-state index is 13.5. The van der Waals surface area contributed by atoms with Gasteiger partial charge in [-0.1, -0.05) is 48.0 Å². The standard InChI is InChI=1S/C27H47N5O7/c1-8-17(6)22(35)25(38)32(27(18(7)33,26(28)39)13-16(4)5)21(34)14-30-23(36)20(12-15(2)3)31-24(37)19-10-9-11-29-19/h15-17,19-20,22,29,35H,8-14H2,1-7H3,(H2,28,39)(H,30,36)(H,31,37)/t17?,19-,20-,22?,27+/m0/s1. The third-order valence-electron chi connectivity index (χ3n) is 7.11. The van der Waals surface area contributed by atoms with Crippen LogP contribution in [0.25, 0.3) is 0 Å². The second-order valence-corrected chi connectivity index (χ2v) is 11.3. The fourth-order valence-corrected chi connectivity index (χ4v) is 4.74. The topological polar surface area (TPSA) is 188 Å². The van der Waals surface area contributed by atoms with Crippen LogP contribution in [-0.4, -0.2) is 82.1 Å². The summed E-state index contributed by atoms with van der Waals surface area (Å²) in [6.07, 6.45) is 0.217. The van der Waals surface area contributed by atoms with Gasteiger partial charge in [0.05, 0.1) is 12.6 Å². The van der Waals surface area contributed by atoms with E-state index in [0.717, 1.165) is 13.3 Å². The van der Waals surface area contributed by atoms with E-state index in [9.17, 15) is 33.9 Å². The molecular weight excluding hydrogens is 506 g/mol. The summed E-state index contributed by atoms with van der Waals surface area (Å²) >= 11 is 0. The molecular formula is C27H47N5O7. The van der Waals surface area contributed by atoms with E-state index in [0.29, 0.717) is 30.7 Å². The minimum Gasteiger partial charge on any atom is -0.383 e. The molecule has 0 saturated carbocycles. The highest BCUT2D eigenvalue weighted by molar-refractivity contribution is 6.16. The van der Waals surface area contributed by atoms with Gasteiger partial charge in [-0.05, 0) is 56.9 Å². The molecule has 1 fully saturated rings. The van der Waals surface area contributed by atoms with Crippen molar-refractivity contribution in [1.82, 2.24) is 20.9 Å². The lowest BCUT2D eigenvalue weighted by Crippen LogP contribution is -2.69. The predicted octanol–water partition coefficient (Wildman–Crippen LogP) is 0.00690. The zero-order chi connectivity index (χ0) is 30.1. The third-order valence-corrected chi connectivity index (χ3v) is 7.11. The Morgan fingerprint density at radius 3 is 2.13 bits per heavy atom. The van der Waals surface area contributed by atoms with Crippen molar-refractivity contribution in [2.24, 2.45) is 23.5 Å². The van der Waals surface area contributed by atoms with Crippen LogP contribution < -0.4 is 21.7 Å². The molecule has 5 atom stereocenters. The van der Waals surface area contributed by atoms with Crippen molar-refractivity contribution >= 4 is 35.3 Å². The molecule has 0 bridgehead atoms. The van der Waals surface area contributed by atoms with Crippen LogP contribution in [0.15, 0.2) is 0 Å². The van der Waals surface area contributed by atoms with E-state index in [-0.39, 0.29) is 24.2 Å². The summed E-state index contributed by atoms with van der Waals surface area (Å²) in [7, 11) is 0. The van der Waals surface area contributed by atoms with Crippen molar-refractivity contribution < 1.29 is 33.9 Å². The molecule has 5 amide bonds. The van der Waals surface area contributed by atoms with Crippen LogP contribution in [0.1, 0.15) is 80.6 Å². The second kappa shape index (κ2) is 15.1. The Kier molecular flexibility index (Phi) is 13.2. The molecule has 222 valence electrons. The quantitative estimate of drug-likeness (QED) is 0.175. The molecule has 1 aliphatic heterocycles. The van der Waals surface area contributed by atoms with Gasteiger partial charge >= 0.3 is 0 Å². The van der Waals surface area contributed by atoms with Gasteiger partial charge in [0.15, 0.2) is 11.3 Å². The van der Waals surface area contributed by atoms with E-state index in [1.54, 1.807) is 27.7 Å². The summed E-state index contributed by atoms with van der Waals surface area (Å²) in [4.78, 5) is 78.8. The molecule has 0 radical (unpaired) electrons. The maximum Gasteiger partial charge on any atom is 0.259 e. The van der Waals surface area contributed by atoms with Gasteiger partial charge in [0.25, 0.3) is 11.8 Å². The lowest BCUT2D eigenvalue weighted by atomic mass is 9.81. The SMILES string of the molecule is CCC(C)C(O)C(=O)N(C(=O)CNC(=O)[C@H](CC(C)C)NC(=O)[C@@H]1CCCN1)[C@](CC(C)C)(C(C)=O)C(N)=O. The predicted molar refractivity (Wildman–Crippen MR) is 145 cm³/mol. The van der Waals surface area contributed by atoms with Crippen molar-refractivity contribution in [2.75, 3.05) is 13.1 Å². The number of aliphatic hydroxyl groups is 1. The monoisotopic (exact) mass is 553 g/mol. The van der Waals surface area contributed by atoms with Crippen LogP contribution >= 0.6 is 0 Å². The van der Waals surface area contributed by atoms with E-state index >= 15 is 0 Å². The molecule has 0 aliphatic carbocycles. The number of ketones is 1. The molecule has 39 heavy (non-hydrogen) atoms. The fourth-order valence-electron chi connectivity index (χ4n) is 4.74. The summed E-state index contributed by atoms with van der Waals surface area (Å²) in [5, 5.41) is 18.9. The van der Waals surface area contributed by atoms with Gasteiger partial charge in [0, 0.05) is 0 Å². The zero-order valence-corrected chi connectivity index (χ0v) is 24.3. The van der Waals surface area contributed by atoms with Gasteiger partial charge in [-0.2, -0.15) is 0 Å². The van der Waals surface area contributed by atoms with E-state index in [1.807, 2.05) is 13.8 Å². The normalized spacial score (nSPS) is 19.1. The van der Waals surface area contributed by atoms with Crippen molar-refractivity contribution in [3.05, 3.63) is 0 Å². The Morgan fingerprint density at radius 1 is 1.08 bits per heavy atom. The Hall–Kier alpha value is -2.86. The number of nitrogens with two attached hydrogens (primary N) is 1. The number of carbonyl (C=O) groups is 6. The molecule has 0 aromatic rings. The van der Waals surface area contributed by atoms with Gasteiger partial charge in [-0.15, -0.1) is 0 Å². The van der Waals surface area contributed by atoms with E-state index in [1.165, 1.54) is 0 Å². The number of primary amides is 1. The zero-order valence-electron chi connectivity index (χ0n) is 24.3. The fraction of sp³-hybridized carbons (Fsp3) is 0.778. The van der Waals surface area contributed by atoms with Crippen LogP contribution in [0.3, 0.4) is 0 Å². The number of amides is 5. The Bertz CT molecular complexity index is 900. The molecule has 1 heterocycles. The Morgan fingerprint density at radius 2 is 1.69 bits per heavy atom. The lowest BCUT2D eigenvalue weighted by Gasteiger charge is -2.40. The molecule has 0 aromatic heterocycles. The largest absolute Gasteiger partial charge is 0.383 e. The van der Waals surface area contributed by atoms with E-state index in [4.69, 9.17) is 5.73 Å². The number of rotatable bonds is 15. The van der Waals surface area contributed by atoms with Gasteiger partial charge in [0.1, 0.15) is 12.1 Å². The van der Waals surface area contributed by atoms with Gasteiger partial charge in [-0.3, -0.25) is 33.7 Å². The number of nitrogens with one attached hydrogen (secondary N) is 3. The average Bonchev–Trinajstić information content (AvgIpc) is 3.39. The molecule has 1 saturated heterocycles. The van der Waals surface area contributed by atoms with E-state index < -0.39 is 65.6 Å². The van der Waals surface area contributed by atoms with Gasteiger partial charge in [0.2, 0.25) is 17.7 Å². The maximum atomic E-state index is 13.5. The Labute approximate surface area is 231 Å². The number of nitrogens with zero attached hydrogens (tertiary/aromatic N) is 1. The number of carbonyl (C=O) groups excluding carboxylic acids is 6. The van der Waals surface area contributed by atoms with Crippen LogP contribution in [0.2, 0.25) is 0 Å². The molecule has 6 N–H and O–H groups in total. The highest BCUT2D eigenvalue weighted by Crippen LogP contribution is 2.28. The summed E-state index contributed by atoms with van der Waals surface area (Å²) < 4.78 is 0. The third kappa shape index (κ3) is 8.82. The van der Waals surface area contributed by atoms with Crippen LogP contribution in [0.4, 0.5) is 0 Å². The first-order valence-electron chi connectivity index (χ1n) is 13.8. The molecule has 1 rings (SSSR count). The summed E-state index contributed by atoms with van der Waals surface area (Å²) in [5.74, 6) is -6.13. The summed E-state index contributed by atoms with van der Waals surface area (Å²) in [6, 6.07) is -1.36. The lowest BCUT2D eigenvalue weighted by molar-refractivity contribution is -0.168. The van der Waals surface area contributed by atoms with Crippen molar-refractivity contribution in [3.63, 3.8) is 0 Å². The number of Topliss-reactive ketones (excluding diaryl/α,β-unsaturated/α-hetero) is 1. The second-order valence-electron chi connectivity index (χ2n) is 11.3. The van der Waals surface area contributed by atoms with Crippen LogP contribution in [0, 0.1) is 17.8 Å². The van der Waals surface area contributed by atoms with Gasteiger partial charge < -0.3 is 26.8 Å². The minimum absolute atomic E-state index is 0.0308. The van der Waals surface area contributed by atoms with Crippen molar-refractivity contribution in [1.29, 1.82) is 0 Å². The smallest absolute Gasteiger partial charge is 0.259 e. The summed E-state index contributed by atoms with van der Waals surface area (Å²) in [6.45, 7) is 11.5. The first-order valence-corrected chi connectivity index (χ1v) is 13.8. The molecule has 1 aliphatic rings. The van der Waals surface area contributed by atoms with E-state index in [2.05, 4.69) is 16.0 Å². The molecule has 12 heteroatoms. The van der Waals surface area contributed by atoms with Crippen LogP contribution in [0.5, 0.6) is 0 Å². The molecule has 0 spiro atoms. The molecule has 2 unspecified atom stereocenters. The number of hydrogen-bond donors (Lipinski definition) is 5. The van der Waals surface area contributed by atoms with Crippen molar-refractivity contribution in [2.45, 2.75) is 104 Å². The first kappa shape index (κ1) is 34.2. The molecule has 12 nitrogen and oxygen atoms in total. The first-order chi connectivity index (χ1) is 18.1.